The molecule has 0 spiro atoms. The van der Waals surface area contributed by atoms with E-state index in [1.54, 1.807) is 23.1 Å². The Kier molecular flexibility index (Phi) is 6.75. The Labute approximate surface area is 105 Å². The number of hydrogen-bond donors (Lipinski definition) is 2. The molecule has 0 aliphatic heterocycles. The maximum atomic E-state index is 8.88. The van der Waals surface area contributed by atoms with Gasteiger partial charge in [0.05, 0.1) is 0 Å². The Bertz CT molecular complexity index is 293. The summed E-state index contributed by atoms with van der Waals surface area (Å²) in [5.74, 6) is 2.21. The number of nitrogens with one attached hydrogen (secondary N) is 1. The Hall–Kier alpha value is -0.330. The first-order chi connectivity index (χ1) is 7.76. The second-order valence-corrected chi connectivity index (χ2v) is 5.82. The van der Waals surface area contributed by atoms with E-state index in [-0.39, 0.29) is 6.61 Å². The van der Waals surface area contributed by atoms with Crippen molar-refractivity contribution in [2.75, 3.05) is 24.2 Å². The zero-order valence-corrected chi connectivity index (χ0v) is 11.4. The van der Waals surface area contributed by atoms with Gasteiger partial charge in [-0.15, -0.1) is 10.2 Å². The molecule has 1 atom stereocenters. The number of hydrogen-bond acceptors (Lipinski definition) is 6. The SMILES string of the molecule is CCCNc1nnc(CSCC(C)CO)s1. The third-order valence-electron chi connectivity index (χ3n) is 1.93. The van der Waals surface area contributed by atoms with Crippen LogP contribution in [0.5, 0.6) is 0 Å². The average Bonchev–Trinajstić information content (AvgIpc) is 2.74. The van der Waals surface area contributed by atoms with Crippen LogP contribution in [-0.4, -0.2) is 34.2 Å². The Balaban J connectivity index is 2.23. The van der Waals surface area contributed by atoms with Crippen molar-refractivity contribution >= 4 is 28.2 Å². The molecule has 6 heteroatoms. The van der Waals surface area contributed by atoms with E-state index < -0.39 is 0 Å². The standard InChI is InChI=1S/C10H19N3OS2/c1-3-4-11-10-13-12-9(16-10)7-15-6-8(2)5-14/h8,14H,3-7H2,1-2H3,(H,11,13). The molecule has 0 aliphatic carbocycles. The predicted molar refractivity (Wildman–Crippen MR) is 71.1 cm³/mol. The fourth-order valence-corrected chi connectivity index (χ4v) is 2.92. The zero-order valence-electron chi connectivity index (χ0n) is 9.77. The van der Waals surface area contributed by atoms with E-state index in [1.165, 1.54) is 0 Å². The number of thioether (sulfide) groups is 1. The molecule has 16 heavy (non-hydrogen) atoms. The maximum Gasteiger partial charge on any atom is 0.205 e. The number of nitrogens with zero attached hydrogens (tertiary/aromatic N) is 2. The van der Waals surface area contributed by atoms with E-state index in [2.05, 4.69) is 22.4 Å². The first-order valence-electron chi connectivity index (χ1n) is 5.51. The molecule has 0 aromatic carbocycles. The Morgan fingerprint density at radius 3 is 3.00 bits per heavy atom. The summed E-state index contributed by atoms with van der Waals surface area (Å²) in [5, 5.41) is 22.2. The molecule has 0 bridgehead atoms. The van der Waals surface area contributed by atoms with E-state index in [9.17, 15) is 0 Å². The van der Waals surface area contributed by atoms with Gasteiger partial charge in [-0.1, -0.05) is 25.2 Å². The van der Waals surface area contributed by atoms with E-state index in [4.69, 9.17) is 5.11 Å². The molecule has 0 amide bonds. The van der Waals surface area contributed by atoms with Crippen molar-refractivity contribution in [1.82, 2.24) is 10.2 Å². The van der Waals surface area contributed by atoms with Crippen molar-refractivity contribution in [1.29, 1.82) is 0 Å². The van der Waals surface area contributed by atoms with Crippen LogP contribution in [0.2, 0.25) is 0 Å². The summed E-state index contributed by atoms with van der Waals surface area (Å²) in [6, 6.07) is 0. The number of rotatable bonds is 8. The molecule has 1 rings (SSSR count). The summed E-state index contributed by atoms with van der Waals surface area (Å²) in [6.45, 7) is 5.37. The molecule has 0 saturated carbocycles. The summed E-state index contributed by atoms with van der Waals surface area (Å²) in [7, 11) is 0. The quantitative estimate of drug-likeness (QED) is 0.751. The molecule has 1 aromatic rings. The number of aliphatic hydroxyl groups is 1. The van der Waals surface area contributed by atoms with Gasteiger partial charge in [0.15, 0.2) is 0 Å². The van der Waals surface area contributed by atoms with Crippen LogP contribution < -0.4 is 5.32 Å². The highest BCUT2D eigenvalue weighted by molar-refractivity contribution is 7.98. The monoisotopic (exact) mass is 261 g/mol. The second kappa shape index (κ2) is 7.86. The molecule has 0 fully saturated rings. The number of aliphatic hydroxyl groups excluding tert-OH is 1. The zero-order chi connectivity index (χ0) is 11.8. The number of anilines is 1. The average molecular weight is 261 g/mol. The topological polar surface area (TPSA) is 58.0 Å². The third-order valence-corrected chi connectivity index (χ3v) is 4.28. The highest BCUT2D eigenvalue weighted by Crippen LogP contribution is 2.21. The lowest BCUT2D eigenvalue weighted by Crippen LogP contribution is -2.03. The minimum absolute atomic E-state index is 0.256. The van der Waals surface area contributed by atoms with Crippen LogP contribution in [0.1, 0.15) is 25.3 Å². The first kappa shape index (κ1) is 13.7. The van der Waals surface area contributed by atoms with E-state index in [1.807, 2.05) is 6.92 Å². The van der Waals surface area contributed by atoms with Gasteiger partial charge >= 0.3 is 0 Å². The summed E-state index contributed by atoms with van der Waals surface area (Å²) in [4.78, 5) is 0. The van der Waals surface area contributed by atoms with Gasteiger partial charge in [0, 0.05) is 18.9 Å². The van der Waals surface area contributed by atoms with Gasteiger partial charge in [0.25, 0.3) is 0 Å². The normalized spacial score (nSPS) is 12.7. The lowest BCUT2D eigenvalue weighted by molar-refractivity contribution is 0.250. The van der Waals surface area contributed by atoms with Gasteiger partial charge in [0.1, 0.15) is 5.01 Å². The fourth-order valence-electron chi connectivity index (χ4n) is 1.02. The van der Waals surface area contributed by atoms with Crippen molar-refractivity contribution in [2.24, 2.45) is 5.92 Å². The lowest BCUT2D eigenvalue weighted by Gasteiger charge is -2.04. The molecule has 92 valence electrons. The Morgan fingerprint density at radius 2 is 2.31 bits per heavy atom. The van der Waals surface area contributed by atoms with E-state index >= 15 is 0 Å². The summed E-state index contributed by atoms with van der Waals surface area (Å²) >= 11 is 3.41. The molecule has 0 aliphatic rings. The molecule has 0 saturated heterocycles. The highest BCUT2D eigenvalue weighted by Gasteiger charge is 2.05. The van der Waals surface area contributed by atoms with Crippen LogP contribution in [0.3, 0.4) is 0 Å². The maximum absolute atomic E-state index is 8.88. The highest BCUT2D eigenvalue weighted by atomic mass is 32.2. The fraction of sp³-hybridized carbons (Fsp3) is 0.800. The van der Waals surface area contributed by atoms with Crippen LogP contribution in [0.4, 0.5) is 5.13 Å². The van der Waals surface area contributed by atoms with Gasteiger partial charge in [0.2, 0.25) is 5.13 Å². The van der Waals surface area contributed by atoms with Crippen LogP contribution in [-0.2, 0) is 5.75 Å². The van der Waals surface area contributed by atoms with Crippen LogP contribution in [0, 0.1) is 5.92 Å². The largest absolute Gasteiger partial charge is 0.396 e. The van der Waals surface area contributed by atoms with Gasteiger partial charge in [-0.3, -0.25) is 0 Å². The van der Waals surface area contributed by atoms with Crippen molar-refractivity contribution in [3.05, 3.63) is 5.01 Å². The molecule has 0 radical (unpaired) electrons. The van der Waals surface area contributed by atoms with Crippen molar-refractivity contribution in [3.63, 3.8) is 0 Å². The first-order valence-corrected chi connectivity index (χ1v) is 7.48. The van der Waals surface area contributed by atoms with E-state index in [0.717, 1.165) is 34.6 Å². The minimum atomic E-state index is 0.256. The minimum Gasteiger partial charge on any atom is -0.396 e. The van der Waals surface area contributed by atoms with Gasteiger partial charge in [-0.2, -0.15) is 11.8 Å². The van der Waals surface area contributed by atoms with Crippen LogP contribution in [0.25, 0.3) is 0 Å². The van der Waals surface area contributed by atoms with Crippen LogP contribution in [0.15, 0.2) is 0 Å². The Morgan fingerprint density at radius 1 is 1.50 bits per heavy atom. The molecule has 4 nitrogen and oxygen atoms in total. The molecule has 1 heterocycles. The van der Waals surface area contributed by atoms with Crippen molar-refractivity contribution in [2.45, 2.75) is 26.0 Å². The summed E-state index contributed by atoms with van der Waals surface area (Å²) < 4.78 is 0. The van der Waals surface area contributed by atoms with Crippen molar-refractivity contribution < 1.29 is 5.11 Å². The molecule has 1 unspecified atom stereocenters. The lowest BCUT2D eigenvalue weighted by atomic mass is 10.2. The molecular formula is C10H19N3OS2. The van der Waals surface area contributed by atoms with Crippen LogP contribution >= 0.6 is 23.1 Å². The van der Waals surface area contributed by atoms with Gasteiger partial charge in [-0.05, 0) is 18.1 Å². The summed E-state index contributed by atoms with van der Waals surface area (Å²) in [6.07, 6.45) is 1.09. The van der Waals surface area contributed by atoms with Crippen molar-refractivity contribution in [3.8, 4) is 0 Å². The molecule has 2 N–H and O–H groups in total. The predicted octanol–water partition coefficient (Wildman–Crippen LogP) is 2.22. The molecular weight excluding hydrogens is 242 g/mol. The second-order valence-electron chi connectivity index (χ2n) is 3.73. The van der Waals surface area contributed by atoms with Gasteiger partial charge < -0.3 is 10.4 Å². The smallest absolute Gasteiger partial charge is 0.205 e. The van der Waals surface area contributed by atoms with Gasteiger partial charge in [-0.25, -0.2) is 0 Å². The third kappa shape index (κ3) is 5.14. The summed E-state index contributed by atoms with van der Waals surface area (Å²) in [5.41, 5.74) is 0. The number of aromatic nitrogens is 2. The van der Waals surface area contributed by atoms with E-state index in [0.29, 0.717) is 5.92 Å². The molecule has 1 aromatic heterocycles.